The largest absolute Gasteiger partial charge is 0.507 e. The lowest BCUT2D eigenvalue weighted by molar-refractivity contribution is 0.0703. The highest BCUT2D eigenvalue weighted by molar-refractivity contribution is 6.31. The van der Waals surface area contributed by atoms with Crippen LogP contribution in [0, 0.1) is 0 Å². The molecule has 0 aliphatic carbocycles. The van der Waals surface area contributed by atoms with Gasteiger partial charge in [0.05, 0.1) is 5.56 Å². The van der Waals surface area contributed by atoms with Gasteiger partial charge >= 0.3 is 0 Å². The first-order valence-electron chi connectivity index (χ1n) is 3.08. The van der Waals surface area contributed by atoms with Gasteiger partial charge in [-0.15, -0.1) is 0 Å². The third kappa shape index (κ3) is 1.66. The number of benzene rings is 1. The lowest BCUT2D eigenvalue weighted by atomic mass is 10.2. The fourth-order valence-corrected chi connectivity index (χ4v) is 0.922. The maximum Gasteiger partial charge on any atom is 0.278 e. The Labute approximate surface area is 73.4 Å². The zero-order chi connectivity index (χ0) is 9.14. The zero-order valence-electron chi connectivity index (χ0n) is 5.91. The Morgan fingerprint density at radius 3 is 2.75 bits per heavy atom. The summed E-state index contributed by atoms with van der Waals surface area (Å²) in [5, 5.41) is 17.7. The first kappa shape index (κ1) is 8.83. The molecule has 1 aromatic carbocycles. The van der Waals surface area contributed by atoms with Crippen LogP contribution in [0.1, 0.15) is 10.4 Å². The minimum absolute atomic E-state index is 0.0648. The molecule has 1 amide bonds. The summed E-state index contributed by atoms with van der Waals surface area (Å²) >= 11 is 5.55. The van der Waals surface area contributed by atoms with Crippen LogP contribution in [0.4, 0.5) is 0 Å². The third-order valence-electron chi connectivity index (χ3n) is 1.30. The minimum atomic E-state index is -0.796. The maximum absolute atomic E-state index is 10.8. The van der Waals surface area contributed by atoms with Crippen LogP contribution in [-0.2, 0) is 0 Å². The molecule has 0 aromatic heterocycles. The van der Waals surface area contributed by atoms with Crippen LogP contribution in [0.2, 0.25) is 5.02 Å². The number of halogens is 1. The fraction of sp³-hybridized carbons (Fsp3) is 0. The van der Waals surface area contributed by atoms with Gasteiger partial charge in [0.25, 0.3) is 5.91 Å². The van der Waals surface area contributed by atoms with Crippen LogP contribution >= 0.6 is 11.6 Å². The average Bonchev–Trinajstić information content (AvgIpc) is 2.08. The van der Waals surface area contributed by atoms with Crippen molar-refractivity contribution in [1.82, 2.24) is 5.48 Å². The summed E-state index contributed by atoms with van der Waals surface area (Å²) < 4.78 is 0. The lowest BCUT2D eigenvalue weighted by Crippen LogP contribution is -2.18. The molecule has 1 aromatic rings. The Bertz CT molecular complexity index is 314. The summed E-state index contributed by atoms with van der Waals surface area (Å²) in [4.78, 5) is 10.8. The van der Waals surface area contributed by atoms with E-state index in [0.717, 1.165) is 0 Å². The molecule has 0 aliphatic heterocycles. The van der Waals surface area contributed by atoms with E-state index in [1.165, 1.54) is 23.7 Å². The van der Waals surface area contributed by atoms with E-state index in [2.05, 4.69) is 0 Å². The second-order valence-corrected chi connectivity index (χ2v) is 2.54. The summed E-state index contributed by atoms with van der Waals surface area (Å²) in [5.74, 6) is -1.03. The molecule has 0 saturated carbocycles. The number of phenolic OH excluding ortho intramolecular Hbond substituents is 1. The quantitative estimate of drug-likeness (QED) is 0.457. The second kappa shape index (κ2) is 3.42. The Morgan fingerprint density at radius 1 is 1.50 bits per heavy atom. The first-order valence-corrected chi connectivity index (χ1v) is 3.46. The van der Waals surface area contributed by atoms with Gasteiger partial charge in [-0.05, 0) is 18.2 Å². The number of carbonyl (C=O) groups excluding carboxylic acids is 1. The number of carbonyl (C=O) groups is 1. The number of amides is 1. The minimum Gasteiger partial charge on any atom is -0.507 e. The van der Waals surface area contributed by atoms with Crippen molar-refractivity contribution in [1.29, 1.82) is 0 Å². The molecule has 4 nitrogen and oxygen atoms in total. The molecule has 1 rings (SSSR count). The maximum atomic E-state index is 10.8. The van der Waals surface area contributed by atoms with Crippen LogP contribution in [0.5, 0.6) is 5.75 Å². The zero-order valence-corrected chi connectivity index (χ0v) is 6.67. The van der Waals surface area contributed by atoms with Crippen LogP contribution in [-0.4, -0.2) is 16.2 Å². The van der Waals surface area contributed by atoms with E-state index < -0.39 is 5.91 Å². The Kier molecular flexibility index (Phi) is 2.52. The summed E-state index contributed by atoms with van der Waals surface area (Å²) in [5.41, 5.74) is 1.33. The molecule has 0 bridgehead atoms. The van der Waals surface area contributed by atoms with Crippen LogP contribution < -0.4 is 5.48 Å². The van der Waals surface area contributed by atoms with Gasteiger partial charge in [-0.1, -0.05) is 11.6 Å². The number of hydrogen-bond donors (Lipinski definition) is 3. The molecule has 64 valence electrons. The molecule has 0 saturated heterocycles. The molecular formula is C7H6ClNO3. The van der Waals surface area contributed by atoms with Crippen molar-refractivity contribution in [2.75, 3.05) is 0 Å². The number of phenols is 1. The molecule has 12 heavy (non-hydrogen) atoms. The highest BCUT2D eigenvalue weighted by Gasteiger charge is 2.09. The molecule has 0 atom stereocenters. The molecule has 0 spiro atoms. The van der Waals surface area contributed by atoms with Gasteiger partial charge in [-0.25, -0.2) is 5.48 Å². The average molecular weight is 188 g/mol. The van der Waals surface area contributed by atoms with Gasteiger partial charge in [0.2, 0.25) is 0 Å². The smallest absolute Gasteiger partial charge is 0.278 e. The van der Waals surface area contributed by atoms with Gasteiger partial charge in [-0.3, -0.25) is 10.0 Å². The molecule has 0 aliphatic rings. The van der Waals surface area contributed by atoms with Gasteiger partial charge in [-0.2, -0.15) is 0 Å². The fourth-order valence-electron chi connectivity index (χ4n) is 0.750. The highest BCUT2D eigenvalue weighted by atomic mass is 35.5. The lowest BCUT2D eigenvalue weighted by Gasteiger charge is -2.01. The van der Waals surface area contributed by atoms with Crippen molar-refractivity contribution in [3.8, 4) is 5.75 Å². The summed E-state index contributed by atoms with van der Waals surface area (Å²) in [6.07, 6.45) is 0. The van der Waals surface area contributed by atoms with Crippen molar-refractivity contribution in [3.63, 3.8) is 0 Å². The predicted molar refractivity (Wildman–Crippen MR) is 42.4 cm³/mol. The van der Waals surface area contributed by atoms with Crippen molar-refractivity contribution < 1.29 is 15.1 Å². The van der Waals surface area contributed by atoms with Crippen LogP contribution in [0.3, 0.4) is 0 Å². The molecule has 3 N–H and O–H groups in total. The van der Waals surface area contributed by atoms with Crippen molar-refractivity contribution >= 4 is 17.5 Å². The summed E-state index contributed by atoms with van der Waals surface area (Å²) in [6, 6.07) is 3.96. The molecule has 0 heterocycles. The molecular weight excluding hydrogens is 182 g/mol. The number of nitrogens with one attached hydrogen (secondary N) is 1. The van der Waals surface area contributed by atoms with E-state index >= 15 is 0 Å². The van der Waals surface area contributed by atoms with E-state index in [1.54, 1.807) is 0 Å². The first-order chi connectivity index (χ1) is 5.65. The van der Waals surface area contributed by atoms with Gasteiger partial charge < -0.3 is 5.11 Å². The van der Waals surface area contributed by atoms with Crippen LogP contribution in [0.25, 0.3) is 0 Å². The van der Waals surface area contributed by atoms with Gasteiger partial charge in [0, 0.05) is 5.02 Å². The highest BCUT2D eigenvalue weighted by Crippen LogP contribution is 2.20. The summed E-state index contributed by atoms with van der Waals surface area (Å²) in [6.45, 7) is 0. The number of rotatable bonds is 1. The second-order valence-electron chi connectivity index (χ2n) is 2.10. The number of aromatic hydroxyl groups is 1. The Balaban J connectivity index is 3.13. The van der Waals surface area contributed by atoms with Crippen molar-refractivity contribution in [2.24, 2.45) is 0 Å². The molecule has 0 unspecified atom stereocenters. The van der Waals surface area contributed by atoms with E-state index in [-0.39, 0.29) is 11.3 Å². The molecule has 0 radical (unpaired) electrons. The Morgan fingerprint density at radius 2 is 2.17 bits per heavy atom. The number of hydroxylamine groups is 1. The van der Waals surface area contributed by atoms with Crippen molar-refractivity contribution in [3.05, 3.63) is 28.8 Å². The monoisotopic (exact) mass is 187 g/mol. The Hall–Kier alpha value is -1.26. The van der Waals surface area contributed by atoms with Crippen molar-refractivity contribution in [2.45, 2.75) is 0 Å². The SMILES string of the molecule is O=C(NO)c1cc(Cl)ccc1O. The standard InChI is InChI=1S/C7H6ClNO3/c8-4-1-2-6(10)5(3-4)7(11)9-12/h1-3,10,12H,(H,9,11). The topological polar surface area (TPSA) is 69.6 Å². The normalized spacial score (nSPS) is 9.50. The van der Waals surface area contributed by atoms with Gasteiger partial charge in [0.15, 0.2) is 0 Å². The number of hydrogen-bond acceptors (Lipinski definition) is 3. The van der Waals surface area contributed by atoms with E-state index in [0.29, 0.717) is 5.02 Å². The predicted octanol–water partition coefficient (Wildman–Crippen LogP) is 1.16. The third-order valence-corrected chi connectivity index (χ3v) is 1.54. The van der Waals surface area contributed by atoms with E-state index in [9.17, 15) is 4.79 Å². The molecule has 5 heteroatoms. The molecule has 0 fully saturated rings. The van der Waals surface area contributed by atoms with Crippen LogP contribution in [0.15, 0.2) is 18.2 Å². The van der Waals surface area contributed by atoms with E-state index in [4.69, 9.17) is 21.9 Å². The van der Waals surface area contributed by atoms with E-state index in [1.807, 2.05) is 0 Å². The summed E-state index contributed by atoms with van der Waals surface area (Å²) in [7, 11) is 0. The van der Waals surface area contributed by atoms with Gasteiger partial charge in [0.1, 0.15) is 5.75 Å².